The van der Waals surface area contributed by atoms with E-state index in [1.807, 2.05) is 19.1 Å². The molecule has 96 valence electrons. The van der Waals surface area contributed by atoms with Gasteiger partial charge in [0.1, 0.15) is 11.8 Å². The van der Waals surface area contributed by atoms with Crippen LogP contribution >= 0.6 is 0 Å². The lowest BCUT2D eigenvalue weighted by atomic mass is 10.1. The molecule has 2 heterocycles. The van der Waals surface area contributed by atoms with Crippen molar-refractivity contribution in [2.24, 2.45) is 0 Å². The maximum absolute atomic E-state index is 9.50. The molecule has 1 N–H and O–H groups in total. The number of nitrogens with zero attached hydrogens (tertiary/aromatic N) is 3. The Labute approximate surface area is 108 Å². The first kappa shape index (κ1) is 13.0. The summed E-state index contributed by atoms with van der Waals surface area (Å²) in [5.41, 5.74) is 1.60. The lowest BCUT2D eigenvalue weighted by Crippen LogP contribution is -2.31. The van der Waals surface area contributed by atoms with E-state index in [1.54, 1.807) is 6.20 Å². The molecule has 0 saturated carbocycles. The molecule has 4 heteroatoms. The fourth-order valence-electron chi connectivity index (χ4n) is 2.63. The van der Waals surface area contributed by atoms with Gasteiger partial charge in [0.15, 0.2) is 0 Å². The molecular weight excluding hydrogens is 226 g/mol. The van der Waals surface area contributed by atoms with Gasteiger partial charge in [-0.05, 0) is 50.4 Å². The molecule has 2 rings (SSSR count). The molecule has 0 amide bonds. The Morgan fingerprint density at radius 1 is 1.67 bits per heavy atom. The molecule has 2 atom stereocenters. The van der Waals surface area contributed by atoms with Crippen LogP contribution in [0, 0.1) is 11.3 Å². The Morgan fingerprint density at radius 2 is 2.50 bits per heavy atom. The van der Waals surface area contributed by atoms with E-state index in [0.717, 1.165) is 31.5 Å². The average Bonchev–Trinajstić information content (AvgIpc) is 2.76. The largest absolute Gasteiger partial charge is 0.393 e. The first-order valence-electron chi connectivity index (χ1n) is 6.46. The molecule has 0 aliphatic carbocycles. The third kappa shape index (κ3) is 3.28. The van der Waals surface area contributed by atoms with Crippen LogP contribution in [0.3, 0.4) is 0 Å². The highest BCUT2D eigenvalue weighted by molar-refractivity contribution is 5.25. The second-order valence-corrected chi connectivity index (χ2v) is 5.01. The van der Waals surface area contributed by atoms with Crippen molar-refractivity contribution in [3.05, 3.63) is 29.6 Å². The number of pyridine rings is 1. The highest BCUT2D eigenvalue weighted by Crippen LogP contribution is 2.23. The monoisotopic (exact) mass is 245 g/mol. The first-order valence-corrected chi connectivity index (χ1v) is 6.46. The van der Waals surface area contributed by atoms with Gasteiger partial charge in [-0.1, -0.05) is 0 Å². The molecule has 0 spiro atoms. The van der Waals surface area contributed by atoms with Crippen molar-refractivity contribution in [3.63, 3.8) is 0 Å². The highest BCUT2D eigenvalue weighted by Gasteiger charge is 2.25. The number of aliphatic hydroxyl groups is 1. The molecule has 2 unspecified atom stereocenters. The van der Waals surface area contributed by atoms with E-state index in [9.17, 15) is 5.11 Å². The number of rotatable bonds is 4. The predicted molar refractivity (Wildman–Crippen MR) is 68.7 cm³/mol. The fourth-order valence-corrected chi connectivity index (χ4v) is 2.63. The second-order valence-electron chi connectivity index (χ2n) is 5.01. The molecule has 1 aromatic heterocycles. The molecule has 18 heavy (non-hydrogen) atoms. The first-order chi connectivity index (χ1) is 8.69. The smallest absolute Gasteiger partial charge is 0.140 e. The standard InChI is InChI=1S/C14H19N3O/c1-11(18)7-14-3-2-6-17(14)10-12-4-5-16-13(8-12)9-15/h4-5,8,11,14,18H,2-3,6-7,10H2,1H3. The summed E-state index contributed by atoms with van der Waals surface area (Å²) in [5.74, 6) is 0. The molecule has 1 aromatic rings. The third-order valence-electron chi connectivity index (χ3n) is 3.44. The molecule has 0 aromatic carbocycles. The number of aromatic nitrogens is 1. The number of hydrogen-bond acceptors (Lipinski definition) is 4. The summed E-state index contributed by atoms with van der Waals surface area (Å²) in [6.45, 7) is 3.76. The van der Waals surface area contributed by atoms with Crippen LogP contribution in [0.1, 0.15) is 37.4 Å². The molecule has 1 aliphatic heterocycles. The highest BCUT2D eigenvalue weighted by atomic mass is 16.3. The van der Waals surface area contributed by atoms with Crippen molar-refractivity contribution in [3.8, 4) is 6.07 Å². The Hall–Kier alpha value is -1.44. The minimum atomic E-state index is -0.247. The van der Waals surface area contributed by atoms with E-state index in [0.29, 0.717) is 11.7 Å². The van der Waals surface area contributed by atoms with Gasteiger partial charge < -0.3 is 5.11 Å². The van der Waals surface area contributed by atoms with E-state index in [-0.39, 0.29) is 6.10 Å². The van der Waals surface area contributed by atoms with Crippen LogP contribution in [0.2, 0.25) is 0 Å². The van der Waals surface area contributed by atoms with Crippen LogP contribution in [0.25, 0.3) is 0 Å². The van der Waals surface area contributed by atoms with Crippen LogP contribution in [0.4, 0.5) is 0 Å². The Balaban J connectivity index is 2.01. The van der Waals surface area contributed by atoms with Gasteiger partial charge in [-0.2, -0.15) is 5.26 Å². The summed E-state index contributed by atoms with van der Waals surface area (Å²) in [6, 6.07) is 6.33. The quantitative estimate of drug-likeness (QED) is 0.877. The lowest BCUT2D eigenvalue weighted by Gasteiger charge is -2.25. The van der Waals surface area contributed by atoms with Crippen molar-refractivity contribution >= 4 is 0 Å². The normalized spacial score (nSPS) is 21.7. The molecule has 0 radical (unpaired) electrons. The predicted octanol–water partition coefficient (Wildman–Crippen LogP) is 1.69. The van der Waals surface area contributed by atoms with Gasteiger partial charge in [0, 0.05) is 18.8 Å². The topological polar surface area (TPSA) is 60.1 Å². The van der Waals surface area contributed by atoms with Crippen molar-refractivity contribution in [1.82, 2.24) is 9.88 Å². The Morgan fingerprint density at radius 3 is 3.22 bits per heavy atom. The molecule has 1 aliphatic rings. The van der Waals surface area contributed by atoms with Crippen LogP contribution in [0.5, 0.6) is 0 Å². The molecular formula is C14H19N3O. The van der Waals surface area contributed by atoms with Gasteiger partial charge in [-0.25, -0.2) is 4.98 Å². The summed E-state index contributed by atoms with van der Waals surface area (Å²) in [7, 11) is 0. The van der Waals surface area contributed by atoms with Gasteiger partial charge in [-0.15, -0.1) is 0 Å². The maximum atomic E-state index is 9.50. The average molecular weight is 245 g/mol. The van der Waals surface area contributed by atoms with Gasteiger partial charge >= 0.3 is 0 Å². The second kappa shape index (κ2) is 5.94. The lowest BCUT2D eigenvalue weighted by molar-refractivity contribution is 0.131. The summed E-state index contributed by atoms with van der Waals surface area (Å²) < 4.78 is 0. The van der Waals surface area contributed by atoms with E-state index < -0.39 is 0 Å². The van der Waals surface area contributed by atoms with Crippen LogP contribution < -0.4 is 0 Å². The summed E-state index contributed by atoms with van der Waals surface area (Å²) >= 11 is 0. The minimum Gasteiger partial charge on any atom is -0.393 e. The number of aliphatic hydroxyl groups excluding tert-OH is 1. The minimum absolute atomic E-state index is 0.247. The molecule has 4 nitrogen and oxygen atoms in total. The maximum Gasteiger partial charge on any atom is 0.140 e. The summed E-state index contributed by atoms with van der Waals surface area (Å²) in [6.07, 6.45) is 4.61. The number of hydrogen-bond donors (Lipinski definition) is 1. The molecule has 1 fully saturated rings. The third-order valence-corrected chi connectivity index (χ3v) is 3.44. The van der Waals surface area contributed by atoms with Gasteiger partial charge in [-0.3, -0.25) is 4.90 Å². The zero-order valence-corrected chi connectivity index (χ0v) is 10.7. The molecule has 0 bridgehead atoms. The van der Waals surface area contributed by atoms with Crippen molar-refractivity contribution in [1.29, 1.82) is 5.26 Å². The molecule has 1 saturated heterocycles. The van der Waals surface area contributed by atoms with E-state index >= 15 is 0 Å². The van der Waals surface area contributed by atoms with E-state index in [1.165, 1.54) is 6.42 Å². The van der Waals surface area contributed by atoms with E-state index in [2.05, 4.69) is 16.0 Å². The van der Waals surface area contributed by atoms with Gasteiger partial charge in [0.2, 0.25) is 0 Å². The Bertz CT molecular complexity index is 439. The zero-order valence-electron chi connectivity index (χ0n) is 10.7. The van der Waals surface area contributed by atoms with Crippen molar-refractivity contribution < 1.29 is 5.11 Å². The summed E-state index contributed by atoms with van der Waals surface area (Å²) in [5, 5.41) is 18.3. The summed E-state index contributed by atoms with van der Waals surface area (Å²) in [4.78, 5) is 6.37. The van der Waals surface area contributed by atoms with Crippen LogP contribution in [-0.2, 0) is 6.54 Å². The van der Waals surface area contributed by atoms with Crippen LogP contribution in [0.15, 0.2) is 18.3 Å². The van der Waals surface area contributed by atoms with Crippen molar-refractivity contribution in [2.75, 3.05) is 6.54 Å². The van der Waals surface area contributed by atoms with Crippen molar-refractivity contribution in [2.45, 2.75) is 44.9 Å². The number of nitriles is 1. The SMILES string of the molecule is CC(O)CC1CCCN1Cc1ccnc(C#N)c1. The van der Waals surface area contributed by atoms with E-state index in [4.69, 9.17) is 5.26 Å². The van der Waals surface area contributed by atoms with Gasteiger partial charge in [0.25, 0.3) is 0 Å². The zero-order chi connectivity index (χ0) is 13.0. The fraction of sp³-hybridized carbons (Fsp3) is 0.571. The Kier molecular flexibility index (Phi) is 4.29. The van der Waals surface area contributed by atoms with Gasteiger partial charge in [0.05, 0.1) is 6.10 Å². The van der Waals surface area contributed by atoms with Crippen LogP contribution in [-0.4, -0.2) is 33.7 Å². The number of likely N-dealkylation sites (tertiary alicyclic amines) is 1.